The van der Waals surface area contributed by atoms with Gasteiger partial charge in [-0.25, -0.2) is 8.42 Å². The van der Waals surface area contributed by atoms with Crippen LogP contribution in [0, 0.1) is 11.3 Å². The average molecular weight is 334 g/mol. The predicted molar refractivity (Wildman–Crippen MR) is 83.9 cm³/mol. The lowest BCUT2D eigenvalue weighted by Gasteiger charge is -2.26. The lowest BCUT2D eigenvalue weighted by molar-refractivity contribution is 0.252. The molecule has 1 aromatic heterocycles. The summed E-state index contributed by atoms with van der Waals surface area (Å²) in [6, 6.07) is 0. The summed E-state index contributed by atoms with van der Waals surface area (Å²) in [6.07, 6.45) is 4.74. The van der Waals surface area contributed by atoms with Crippen LogP contribution in [0.2, 0.25) is 0 Å². The summed E-state index contributed by atoms with van der Waals surface area (Å²) >= 11 is 5.64. The van der Waals surface area contributed by atoms with Gasteiger partial charge in [-0.3, -0.25) is 4.68 Å². The minimum Gasteiger partial charge on any atom is -0.271 e. The van der Waals surface area contributed by atoms with E-state index in [4.69, 9.17) is 11.6 Å². The number of hydrogen-bond acceptors (Lipinski definition) is 3. The minimum atomic E-state index is -3.42. The van der Waals surface area contributed by atoms with Crippen LogP contribution in [0.15, 0.2) is 17.3 Å². The van der Waals surface area contributed by atoms with Crippen LogP contribution in [0.25, 0.3) is 0 Å². The molecule has 1 saturated heterocycles. The molecule has 0 radical (unpaired) electrons. The van der Waals surface area contributed by atoms with Crippen molar-refractivity contribution in [3.63, 3.8) is 0 Å². The highest BCUT2D eigenvalue weighted by Crippen LogP contribution is 2.35. The van der Waals surface area contributed by atoms with Crippen molar-refractivity contribution >= 4 is 21.6 Å². The first-order valence-electron chi connectivity index (χ1n) is 7.33. The van der Waals surface area contributed by atoms with E-state index in [0.29, 0.717) is 31.4 Å². The molecule has 0 amide bonds. The molecule has 1 aliphatic heterocycles. The normalized spacial score (nSPS) is 21.0. The Morgan fingerprint density at radius 2 is 2.14 bits per heavy atom. The molecule has 0 aromatic carbocycles. The largest absolute Gasteiger partial charge is 0.271 e. The fraction of sp³-hybridized carbons (Fsp3) is 0.786. The highest BCUT2D eigenvalue weighted by atomic mass is 35.5. The molecule has 120 valence electrons. The van der Waals surface area contributed by atoms with E-state index in [2.05, 4.69) is 25.9 Å². The molecule has 0 bridgehead atoms. The van der Waals surface area contributed by atoms with Crippen molar-refractivity contribution in [3.05, 3.63) is 12.4 Å². The first-order valence-corrected chi connectivity index (χ1v) is 9.31. The first kappa shape index (κ1) is 16.8. The maximum Gasteiger partial charge on any atom is 0.246 e. The lowest BCUT2D eigenvalue weighted by Crippen LogP contribution is -2.31. The van der Waals surface area contributed by atoms with Gasteiger partial charge in [-0.1, -0.05) is 20.8 Å². The van der Waals surface area contributed by atoms with Crippen molar-refractivity contribution in [1.82, 2.24) is 14.1 Å². The van der Waals surface area contributed by atoms with Crippen molar-refractivity contribution < 1.29 is 8.42 Å². The van der Waals surface area contributed by atoms with E-state index >= 15 is 0 Å². The molecule has 5 nitrogen and oxygen atoms in total. The number of rotatable bonds is 5. The molecule has 1 atom stereocenters. The van der Waals surface area contributed by atoms with Gasteiger partial charge in [-0.05, 0) is 24.2 Å². The van der Waals surface area contributed by atoms with Gasteiger partial charge >= 0.3 is 0 Å². The Labute approximate surface area is 132 Å². The van der Waals surface area contributed by atoms with Gasteiger partial charge in [-0.15, -0.1) is 11.6 Å². The number of aromatic nitrogens is 2. The predicted octanol–water partition coefficient (Wildman–Crippen LogP) is 2.57. The topological polar surface area (TPSA) is 55.2 Å². The quantitative estimate of drug-likeness (QED) is 0.778. The van der Waals surface area contributed by atoms with Crippen molar-refractivity contribution in [1.29, 1.82) is 0 Å². The van der Waals surface area contributed by atoms with Gasteiger partial charge in [0.05, 0.1) is 6.20 Å². The molecular weight excluding hydrogens is 310 g/mol. The SMILES string of the molecule is CC(C)(C)C1CCN(S(=O)(=O)c2cnn(CCCCl)c2)C1. The number of aryl methyl sites for hydroxylation is 1. The highest BCUT2D eigenvalue weighted by molar-refractivity contribution is 7.89. The van der Waals surface area contributed by atoms with Crippen LogP contribution in [-0.2, 0) is 16.6 Å². The summed E-state index contributed by atoms with van der Waals surface area (Å²) in [5.41, 5.74) is 0.134. The highest BCUT2D eigenvalue weighted by Gasteiger charge is 2.38. The molecule has 1 aliphatic rings. The fourth-order valence-electron chi connectivity index (χ4n) is 2.62. The Bertz CT molecular complexity index is 577. The number of hydrogen-bond donors (Lipinski definition) is 0. The maximum atomic E-state index is 12.6. The third-order valence-corrected chi connectivity index (χ3v) is 6.23. The molecule has 2 heterocycles. The van der Waals surface area contributed by atoms with E-state index in [0.717, 1.165) is 12.8 Å². The maximum absolute atomic E-state index is 12.6. The van der Waals surface area contributed by atoms with Gasteiger partial charge in [0.15, 0.2) is 0 Å². The minimum absolute atomic E-state index is 0.134. The van der Waals surface area contributed by atoms with Crippen molar-refractivity contribution in [3.8, 4) is 0 Å². The van der Waals surface area contributed by atoms with Gasteiger partial charge in [0, 0.05) is 31.7 Å². The molecule has 0 spiro atoms. The molecule has 1 aromatic rings. The molecule has 21 heavy (non-hydrogen) atoms. The number of alkyl halides is 1. The number of sulfonamides is 1. The molecule has 2 rings (SSSR count). The van der Waals surface area contributed by atoms with Crippen LogP contribution < -0.4 is 0 Å². The summed E-state index contributed by atoms with van der Waals surface area (Å²) in [7, 11) is -3.42. The van der Waals surface area contributed by atoms with Gasteiger partial charge in [0.2, 0.25) is 10.0 Å². The van der Waals surface area contributed by atoms with Crippen LogP contribution in [0.1, 0.15) is 33.6 Å². The zero-order chi connectivity index (χ0) is 15.7. The van der Waals surface area contributed by atoms with Gasteiger partial charge in [-0.2, -0.15) is 9.40 Å². The van der Waals surface area contributed by atoms with Crippen LogP contribution in [0.5, 0.6) is 0 Å². The molecule has 0 aliphatic carbocycles. The van der Waals surface area contributed by atoms with Crippen LogP contribution >= 0.6 is 11.6 Å². The van der Waals surface area contributed by atoms with Crippen molar-refractivity contribution in [2.24, 2.45) is 11.3 Å². The Hall–Kier alpha value is -0.590. The lowest BCUT2D eigenvalue weighted by atomic mass is 9.80. The third-order valence-electron chi connectivity index (χ3n) is 4.14. The second-order valence-electron chi connectivity index (χ2n) is 6.70. The molecule has 0 saturated carbocycles. The molecule has 7 heteroatoms. The third kappa shape index (κ3) is 3.79. The monoisotopic (exact) mass is 333 g/mol. The van der Waals surface area contributed by atoms with Crippen LogP contribution in [0.3, 0.4) is 0 Å². The summed E-state index contributed by atoms with van der Waals surface area (Å²) in [4.78, 5) is 0.284. The van der Waals surface area contributed by atoms with E-state index in [-0.39, 0.29) is 10.3 Å². The van der Waals surface area contributed by atoms with Crippen LogP contribution in [-0.4, -0.2) is 41.5 Å². The average Bonchev–Trinajstić information content (AvgIpc) is 3.05. The first-order chi connectivity index (χ1) is 9.75. The van der Waals surface area contributed by atoms with E-state index in [9.17, 15) is 8.42 Å². The Kier molecular flexibility index (Phi) is 5.00. The molecule has 1 unspecified atom stereocenters. The van der Waals surface area contributed by atoms with E-state index in [1.165, 1.54) is 6.20 Å². The standard InChI is InChI=1S/C14H24ClN3O2S/c1-14(2,3)12-5-8-18(10-12)21(19,20)13-9-16-17(11-13)7-4-6-15/h9,11-12H,4-8,10H2,1-3H3. The molecule has 0 N–H and O–H groups in total. The van der Waals surface area contributed by atoms with Crippen molar-refractivity contribution in [2.45, 2.75) is 45.1 Å². The van der Waals surface area contributed by atoms with Crippen LogP contribution in [0.4, 0.5) is 0 Å². The van der Waals surface area contributed by atoms with Crippen molar-refractivity contribution in [2.75, 3.05) is 19.0 Å². The van der Waals surface area contributed by atoms with E-state index in [1.54, 1.807) is 15.2 Å². The smallest absolute Gasteiger partial charge is 0.246 e. The van der Waals surface area contributed by atoms with E-state index in [1.807, 2.05) is 0 Å². The summed E-state index contributed by atoms with van der Waals surface area (Å²) < 4.78 is 28.5. The fourth-order valence-corrected chi connectivity index (χ4v) is 4.20. The summed E-state index contributed by atoms with van der Waals surface area (Å²) in [6.45, 7) is 8.33. The van der Waals surface area contributed by atoms with E-state index < -0.39 is 10.0 Å². The number of nitrogens with zero attached hydrogens (tertiary/aromatic N) is 3. The van der Waals surface area contributed by atoms with Gasteiger partial charge in [0.25, 0.3) is 0 Å². The molecular formula is C14H24ClN3O2S. The van der Waals surface area contributed by atoms with Gasteiger partial charge in [0.1, 0.15) is 4.90 Å². The zero-order valence-electron chi connectivity index (χ0n) is 12.9. The zero-order valence-corrected chi connectivity index (χ0v) is 14.5. The Morgan fingerprint density at radius 1 is 1.43 bits per heavy atom. The second kappa shape index (κ2) is 6.26. The Balaban J connectivity index is 2.10. The summed E-state index contributed by atoms with van der Waals surface area (Å²) in [5, 5.41) is 4.11. The molecule has 1 fully saturated rings. The van der Waals surface area contributed by atoms with Gasteiger partial charge < -0.3 is 0 Å². The Morgan fingerprint density at radius 3 is 2.71 bits per heavy atom. The summed E-state index contributed by atoms with van der Waals surface area (Å²) in [5.74, 6) is 0.944. The number of halogens is 1. The second-order valence-corrected chi connectivity index (χ2v) is 9.01.